The summed E-state index contributed by atoms with van der Waals surface area (Å²) in [6.45, 7) is 0.617. The lowest BCUT2D eigenvalue weighted by molar-refractivity contribution is -0.124. The van der Waals surface area contributed by atoms with Crippen LogP contribution in [0.2, 0.25) is 0 Å². The Hall–Kier alpha value is -1.28. The van der Waals surface area contributed by atoms with Gasteiger partial charge in [-0.2, -0.15) is 0 Å². The molecule has 6 nitrogen and oxygen atoms in total. The number of nitrogens with two attached hydrogens (primary N) is 1. The molecule has 0 aromatic carbocycles. The number of nitrogens with zero attached hydrogens (tertiary/aromatic N) is 2. The molecule has 2 amide bonds. The summed E-state index contributed by atoms with van der Waals surface area (Å²) in [4.78, 5) is 27.6. The first-order chi connectivity index (χ1) is 7.66. The maximum Gasteiger partial charge on any atom is 0.416 e. The van der Waals surface area contributed by atoms with Crippen LogP contribution in [0, 0.1) is 0 Å². The van der Waals surface area contributed by atoms with Crippen molar-refractivity contribution in [3.63, 3.8) is 0 Å². The number of thioether (sulfide) groups is 1. The van der Waals surface area contributed by atoms with E-state index < -0.39 is 6.09 Å². The zero-order valence-corrected chi connectivity index (χ0v) is 9.84. The van der Waals surface area contributed by atoms with Gasteiger partial charge in [-0.25, -0.2) is 14.7 Å². The summed E-state index contributed by atoms with van der Waals surface area (Å²) in [6, 6.07) is 0. The van der Waals surface area contributed by atoms with E-state index in [0.29, 0.717) is 11.7 Å². The first kappa shape index (κ1) is 11.2. The van der Waals surface area contributed by atoms with Gasteiger partial charge in [0.15, 0.2) is 5.13 Å². The fraction of sp³-hybridized carbons (Fsp3) is 0.375. The van der Waals surface area contributed by atoms with E-state index >= 15 is 0 Å². The largest absolute Gasteiger partial charge is 0.447 e. The van der Waals surface area contributed by atoms with Gasteiger partial charge >= 0.3 is 6.09 Å². The van der Waals surface area contributed by atoms with Crippen LogP contribution in [0.1, 0.15) is 0 Å². The van der Waals surface area contributed by atoms with Gasteiger partial charge < -0.3 is 10.5 Å². The zero-order chi connectivity index (χ0) is 11.5. The summed E-state index contributed by atoms with van der Waals surface area (Å²) in [6.07, 6.45) is 1.05. The third-order valence-electron chi connectivity index (χ3n) is 1.90. The van der Waals surface area contributed by atoms with E-state index in [1.807, 2.05) is 0 Å². The van der Waals surface area contributed by atoms with Crippen molar-refractivity contribution in [2.24, 2.45) is 0 Å². The Bertz CT molecular complexity index is 420. The number of hydrogen-bond donors (Lipinski definition) is 1. The summed E-state index contributed by atoms with van der Waals surface area (Å²) in [5.41, 5.74) is 5.45. The lowest BCUT2D eigenvalue weighted by Gasteiger charge is -2.08. The van der Waals surface area contributed by atoms with Gasteiger partial charge in [-0.3, -0.25) is 4.79 Å². The summed E-state index contributed by atoms with van der Waals surface area (Å²) in [7, 11) is 0. The van der Waals surface area contributed by atoms with Crippen molar-refractivity contribution in [1.29, 1.82) is 0 Å². The number of cyclic esters (lactones) is 1. The van der Waals surface area contributed by atoms with Crippen molar-refractivity contribution in [3.8, 4) is 0 Å². The number of carbonyl (C=O) groups is 2. The van der Waals surface area contributed by atoms with Crippen molar-refractivity contribution in [3.05, 3.63) is 6.20 Å². The molecule has 86 valence electrons. The number of hydrogen-bond acceptors (Lipinski definition) is 7. The molecule has 2 heterocycles. The lowest BCUT2D eigenvalue weighted by Crippen LogP contribution is -2.32. The molecule has 2 rings (SSSR count). The van der Waals surface area contributed by atoms with Gasteiger partial charge in [-0.1, -0.05) is 11.3 Å². The molecule has 0 atom stereocenters. The number of thiazole rings is 1. The normalized spacial score (nSPS) is 15.2. The van der Waals surface area contributed by atoms with Gasteiger partial charge in [0.05, 0.1) is 22.7 Å². The van der Waals surface area contributed by atoms with Crippen molar-refractivity contribution in [2.45, 2.75) is 4.21 Å². The molecule has 0 spiro atoms. The average Bonchev–Trinajstić information content (AvgIpc) is 2.84. The van der Waals surface area contributed by atoms with Crippen LogP contribution >= 0.6 is 23.1 Å². The molecular formula is C8H9N3O3S2. The van der Waals surface area contributed by atoms with Crippen LogP contribution in [-0.4, -0.2) is 40.8 Å². The van der Waals surface area contributed by atoms with Crippen LogP contribution in [0.5, 0.6) is 0 Å². The van der Waals surface area contributed by atoms with Crippen molar-refractivity contribution in [1.82, 2.24) is 9.88 Å². The second-order valence-electron chi connectivity index (χ2n) is 2.97. The smallest absolute Gasteiger partial charge is 0.416 e. The Morgan fingerprint density at radius 1 is 1.75 bits per heavy atom. The van der Waals surface area contributed by atoms with Crippen molar-refractivity contribution >= 4 is 40.2 Å². The summed E-state index contributed by atoms with van der Waals surface area (Å²) < 4.78 is 5.53. The number of anilines is 1. The van der Waals surface area contributed by atoms with Gasteiger partial charge in [0.2, 0.25) is 5.91 Å². The van der Waals surface area contributed by atoms with Crippen LogP contribution in [0.15, 0.2) is 10.4 Å². The van der Waals surface area contributed by atoms with E-state index in [4.69, 9.17) is 5.73 Å². The SMILES string of the molecule is Nc1ncc(SCC(=O)N2CCOC2=O)s1. The molecule has 0 aliphatic carbocycles. The van der Waals surface area contributed by atoms with E-state index in [1.54, 1.807) is 6.20 Å². The molecule has 0 radical (unpaired) electrons. The van der Waals surface area contributed by atoms with Crippen LogP contribution < -0.4 is 5.73 Å². The maximum absolute atomic E-state index is 11.6. The number of ether oxygens (including phenoxy) is 1. The molecule has 2 N–H and O–H groups in total. The third kappa shape index (κ3) is 2.45. The highest BCUT2D eigenvalue weighted by Gasteiger charge is 2.28. The Morgan fingerprint density at radius 2 is 2.56 bits per heavy atom. The summed E-state index contributed by atoms with van der Waals surface area (Å²) in [5.74, 6) is -0.0593. The number of amides is 2. The van der Waals surface area contributed by atoms with Gasteiger partial charge in [0, 0.05) is 0 Å². The Labute approximate surface area is 99.8 Å². The Morgan fingerprint density at radius 3 is 3.12 bits per heavy atom. The number of imide groups is 1. The molecule has 8 heteroatoms. The number of nitrogen functional groups attached to an aromatic ring is 1. The maximum atomic E-state index is 11.6. The minimum atomic E-state index is -0.561. The third-order valence-corrected chi connectivity index (χ3v) is 3.91. The molecule has 1 aromatic heterocycles. The Kier molecular flexibility index (Phi) is 3.30. The molecular weight excluding hydrogens is 250 g/mol. The molecule has 16 heavy (non-hydrogen) atoms. The highest BCUT2D eigenvalue weighted by atomic mass is 32.2. The van der Waals surface area contributed by atoms with Gasteiger partial charge in [0.25, 0.3) is 0 Å². The molecule has 0 saturated carbocycles. The predicted octanol–water partition coefficient (Wildman–Crippen LogP) is 0.796. The molecule has 1 saturated heterocycles. The van der Waals surface area contributed by atoms with Crippen molar-refractivity contribution in [2.75, 3.05) is 24.6 Å². The lowest BCUT2D eigenvalue weighted by atomic mass is 10.5. The highest BCUT2D eigenvalue weighted by molar-refractivity contribution is 8.01. The van der Waals surface area contributed by atoms with Gasteiger partial charge in [0.1, 0.15) is 6.61 Å². The second-order valence-corrected chi connectivity index (χ2v) is 5.30. The Balaban J connectivity index is 1.86. The monoisotopic (exact) mass is 259 g/mol. The standard InChI is InChI=1S/C8H9N3O3S2/c9-7-10-3-6(16-7)15-4-5(12)11-1-2-14-8(11)13/h3H,1-2,4H2,(H2,9,10). The van der Waals surface area contributed by atoms with Crippen LogP contribution in [-0.2, 0) is 9.53 Å². The van der Waals surface area contributed by atoms with E-state index in [1.165, 1.54) is 23.1 Å². The fourth-order valence-electron chi connectivity index (χ4n) is 1.17. The predicted molar refractivity (Wildman–Crippen MR) is 60.3 cm³/mol. The van der Waals surface area contributed by atoms with E-state index in [9.17, 15) is 9.59 Å². The van der Waals surface area contributed by atoms with Gasteiger partial charge in [-0.15, -0.1) is 11.8 Å². The van der Waals surface area contributed by atoms with Crippen LogP contribution in [0.25, 0.3) is 0 Å². The second kappa shape index (κ2) is 4.71. The number of rotatable bonds is 3. The molecule has 1 fully saturated rings. The minimum Gasteiger partial charge on any atom is -0.447 e. The topological polar surface area (TPSA) is 85.5 Å². The van der Waals surface area contributed by atoms with E-state index in [2.05, 4.69) is 9.72 Å². The van der Waals surface area contributed by atoms with Crippen LogP contribution in [0.4, 0.5) is 9.93 Å². The summed E-state index contributed by atoms with van der Waals surface area (Å²) >= 11 is 2.63. The molecule has 1 aliphatic rings. The zero-order valence-electron chi connectivity index (χ0n) is 8.21. The molecule has 0 unspecified atom stereocenters. The van der Waals surface area contributed by atoms with Crippen LogP contribution in [0.3, 0.4) is 0 Å². The summed E-state index contributed by atoms with van der Waals surface area (Å²) in [5, 5.41) is 0.468. The van der Waals surface area contributed by atoms with Crippen molar-refractivity contribution < 1.29 is 14.3 Å². The quantitative estimate of drug-likeness (QED) is 0.808. The molecule has 0 bridgehead atoms. The minimum absolute atomic E-state index is 0.191. The van der Waals surface area contributed by atoms with Gasteiger partial charge in [-0.05, 0) is 0 Å². The first-order valence-electron chi connectivity index (χ1n) is 4.48. The first-order valence-corrected chi connectivity index (χ1v) is 6.28. The molecule has 1 aromatic rings. The number of carbonyl (C=O) groups excluding carboxylic acids is 2. The number of aromatic nitrogens is 1. The average molecular weight is 259 g/mol. The highest BCUT2D eigenvalue weighted by Crippen LogP contribution is 2.26. The molecule has 1 aliphatic heterocycles. The fourth-order valence-corrected chi connectivity index (χ4v) is 2.80. The van der Waals surface area contributed by atoms with E-state index in [0.717, 1.165) is 9.11 Å². The van der Waals surface area contributed by atoms with E-state index in [-0.39, 0.29) is 18.3 Å².